The molecule has 0 saturated carbocycles. The van der Waals surface area contributed by atoms with Gasteiger partial charge in [-0.2, -0.15) is 5.26 Å². The number of ether oxygens (including phenoxy) is 1. The van der Waals surface area contributed by atoms with Gasteiger partial charge in [0.2, 0.25) is 0 Å². The molecule has 0 saturated heterocycles. The van der Waals surface area contributed by atoms with E-state index in [0.717, 1.165) is 6.54 Å². The summed E-state index contributed by atoms with van der Waals surface area (Å²) in [5, 5.41) is 11.9. The molecule has 0 spiro atoms. The Morgan fingerprint density at radius 3 is 2.88 bits per heavy atom. The number of nitriles is 1. The molecule has 3 nitrogen and oxygen atoms in total. The minimum Gasteiger partial charge on any atom is -0.493 e. The van der Waals surface area contributed by atoms with Gasteiger partial charge in [0.1, 0.15) is 11.6 Å². The third-order valence-electron chi connectivity index (χ3n) is 2.41. The van der Waals surface area contributed by atoms with Crippen molar-refractivity contribution in [3.63, 3.8) is 0 Å². The highest BCUT2D eigenvalue weighted by atomic mass is 19.1. The zero-order valence-electron chi connectivity index (χ0n) is 10.2. The minimum absolute atomic E-state index is 0.193. The van der Waals surface area contributed by atoms with E-state index >= 15 is 0 Å². The van der Waals surface area contributed by atoms with E-state index in [-0.39, 0.29) is 11.9 Å². The number of hydrogen-bond acceptors (Lipinski definition) is 3. The van der Waals surface area contributed by atoms with Crippen LogP contribution in [-0.4, -0.2) is 19.2 Å². The highest BCUT2D eigenvalue weighted by Gasteiger charge is 2.05. The molecule has 1 aromatic carbocycles. The van der Waals surface area contributed by atoms with Gasteiger partial charge in [-0.05, 0) is 37.2 Å². The zero-order valence-corrected chi connectivity index (χ0v) is 10.2. The fraction of sp³-hybridized carbons (Fsp3) is 0.462. The molecule has 1 unspecified atom stereocenters. The molecule has 0 radical (unpaired) electrons. The van der Waals surface area contributed by atoms with E-state index in [9.17, 15) is 4.39 Å². The highest BCUT2D eigenvalue weighted by Crippen LogP contribution is 2.16. The van der Waals surface area contributed by atoms with Crippen LogP contribution >= 0.6 is 0 Å². The Hall–Kier alpha value is -1.60. The summed E-state index contributed by atoms with van der Waals surface area (Å²) in [5.41, 5.74) is 0.561. The second kappa shape index (κ2) is 6.87. The monoisotopic (exact) mass is 236 g/mol. The van der Waals surface area contributed by atoms with Crippen molar-refractivity contribution >= 4 is 0 Å². The number of halogens is 1. The quantitative estimate of drug-likeness (QED) is 0.825. The lowest BCUT2D eigenvalue weighted by atomic mass is 10.2. The molecule has 0 aliphatic heterocycles. The minimum atomic E-state index is -0.236. The molecule has 1 aromatic rings. The average Bonchev–Trinajstić information content (AvgIpc) is 2.32. The van der Waals surface area contributed by atoms with Gasteiger partial charge < -0.3 is 10.1 Å². The molecule has 1 rings (SSSR count). The Morgan fingerprint density at radius 1 is 1.53 bits per heavy atom. The van der Waals surface area contributed by atoms with Gasteiger partial charge >= 0.3 is 0 Å². The topological polar surface area (TPSA) is 45.0 Å². The maximum absolute atomic E-state index is 13.0. The molecule has 92 valence electrons. The van der Waals surface area contributed by atoms with Gasteiger partial charge in [-0.15, -0.1) is 0 Å². The Balaban J connectivity index is 2.40. The molecule has 0 fully saturated rings. The van der Waals surface area contributed by atoms with Crippen LogP contribution in [0.5, 0.6) is 5.75 Å². The first kappa shape index (κ1) is 13.5. The second-order valence-electron chi connectivity index (χ2n) is 3.79. The Labute approximate surface area is 101 Å². The Bertz CT molecular complexity index is 401. The average molecular weight is 236 g/mol. The number of rotatable bonds is 6. The van der Waals surface area contributed by atoms with Crippen LogP contribution in [0.25, 0.3) is 0 Å². The van der Waals surface area contributed by atoms with Gasteiger partial charge in [-0.3, -0.25) is 0 Å². The van der Waals surface area contributed by atoms with Gasteiger partial charge in [0.25, 0.3) is 0 Å². The molecule has 0 heterocycles. The standard InChI is InChI=1S/C13H17FN2O/c1-3-16-11(9-15)6-7-17-12-4-5-13(14)10(2)8-12/h4-5,8,11,16H,3,6-7H2,1-2H3. The molecule has 0 amide bonds. The smallest absolute Gasteiger partial charge is 0.126 e. The van der Waals surface area contributed by atoms with E-state index < -0.39 is 0 Å². The third kappa shape index (κ3) is 4.41. The summed E-state index contributed by atoms with van der Waals surface area (Å²) in [6.07, 6.45) is 0.612. The number of nitrogens with one attached hydrogen (secondary N) is 1. The lowest BCUT2D eigenvalue weighted by molar-refractivity contribution is 0.298. The fourth-order valence-corrected chi connectivity index (χ4v) is 1.46. The van der Waals surface area contributed by atoms with Gasteiger partial charge in [-0.1, -0.05) is 6.92 Å². The van der Waals surface area contributed by atoms with E-state index in [4.69, 9.17) is 10.00 Å². The number of hydrogen-bond donors (Lipinski definition) is 1. The van der Waals surface area contributed by atoms with E-state index in [2.05, 4.69) is 11.4 Å². The predicted molar refractivity (Wildman–Crippen MR) is 64.3 cm³/mol. The summed E-state index contributed by atoms with van der Waals surface area (Å²) in [6.45, 7) is 4.84. The Kier molecular flexibility index (Phi) is 5.44. The molecule has 0 aliphatic rings. The normalized spacial score (nSPS) is 11.9. The van der Waals surface area contributed by atoms with Crippen LogP contribution in [0.15, 0.2) is 18.2 Å². The SMILES string of the molecule is CCNC(C#N)CCOc1ccc(F)c(C)c1. The van der Waals surface area contributed by atoms with Crippen molar-refractivity contribution in [2.45, 2.75) is 26.3 Å². The zero-order chi connectivity index (χ0) is 12.7. The van der Waals surface area contributed by atoms with E-state index in [1.807, 2.05) is 6.92 Å². The number of aryl methyl sites for hydroxylation is 1. The maximum Gasteiger partial charge on any atom is 0.126 e. The van der Waals surface area contributed by atoms with Crippen LogP contribution in [0.2, 0.25) is 0 Å². The molecule has 1 N–H and O–H groups in total. The number of nitrogens with zero attached hydrogens (tertiary/aromatic N) is 1. The van der Waals surface area contributed by atoms with Crippen molar-refractivity contribution in [1.29, 1.82) is 5.26 Å². The summed E-state index contributed by atoms with van der Waals surface area (Å²) < 4.78 is 18.5. The van der Waals surface area contributed by atoms with Gasteiger partial charge in [0.15, 0.2) is 0 Å². The first-order valence-corrected chi connectivity index (χ1v) is 5.69. The van der Waals surface area contributed by atoms with Crippen LogP contribution in [0, 0.1) is 24.1 Å². The Morgan fingerprint density at radius 2 is 2.29 bits per heavy atom. The van der Waals surface area contributed by atoms with Crippen molar-refractivity contribution in [3.05, 3.63) is 29.6 Å². The third-order valence-corrected chi connectivity index (χ3v) is 2.41. The molecular weight excluding hydrogens is 219 g/mol. The maximum atomic E-state index is 13.0. The first-order chi connectivity index (χ1) is 8.17. The molecule has 0 bridgehead atoms. The van der Waals surface area contributed by atoms with Gasteiger partial charge in [-0.25, -0.2) is 4.39 Å². The van der Waals surface area contributed by atoms with E-state index in [1.54, 1.807) is 19.1 Å². The van der Waals surface area contributed by atoms with Gasteiger partial charge in [0, 0.05) is 6.42 Å². The van der Waals surface area contributed by atoms with Gasteiger partial charge in [0.05, 0.1) is 18.7 Å². The van der Waals surface area contributed by atoms with E-state index in [1.165, 1.54) is 6.07 Å². The lowest BCUT2D eigenvalue weighted by Gasteiger charge is -2.11. The van der Waals surface area contributed by atoms with Crippen LogP contribution in [0.4, 0.5) is 4.39 Å². The molecule has 4 heteroatoms. The summed E-state index contributed by atoms with van der Waals surface area (Å²) in [5.74, 6) is 0.400. The fourth-order valence-electron chi connectivity index (χ4n) is 1.46. The summed E-state index contributed by atoms with van der Waals surface area (Å²) >= 11 is 0. The van der Waals surface area contributed by atoms with Crippen LogP contribution in [0.1, 0.15) is 18.9 Å². The predicted octanol–water partition coefficient (Wildman–Crippen LogP) is 2.40. The molecule has 17 heavy (non-hydrogen) atoms. The summed E-state index contributed by atoms with van der Waals surface area (Å²) in [6, 6.07) is 6.60. The van der Waals surface area contributed by atoms with Crippen molar-refractivity contribution < 1.29 is 9.13 Å². The highest BCUT2D eigenvalue weighted by molar-refractivity contribution is 5.28. The van der Waals surface area contributed by atoms with Crippen LogP contribution < -0.4 is 10.1 Å². The van der Waals surface area contributed by atoms with Crippen LogP contribution in [-0.2, 0) is 0 Å². The molecular formula is C13H17FN2O. The first-order valence-electron chi connectivity index (χ1n) is 5.69. The largest absolute Gasteiger partial charge is 0.493 e. The van der Waals surface area contributed by atoms with Crippen molar-refractivity contribution in [1.82, 2.24) is 5.32 Å². The molecule has 1 atom stereocenters. The molecule has 0 aromatic heterocycles. The second-order valence-corrected chi connectivity index (χ2v) is 3.79. The summed E-state index contributed by atoms with van der Waals surface area (Å²) in [7, 11) is 0. The van der Waals surface area contributed by atoms with Crippen molar-refractivity contribution in [2.24, 2.45) is 0 Å². The summed E-state index contributed by atoms with van der Waals surface area (Å²) in [4.78, 5) is 0. The van der Waals surface area contributed by atoms with E-state index in [0.29, 0.717) is 24.3 Å². The van der Waals surface area contributed by atoms with Crippen molar-refractivity contribution in [3.8, 4) is 11.8 Å². The lowest BCUT2D eigenvalue weighted by Crippen LogP contribution is -2.28. The molecule has 0 aliphatic carbocycles. The van der Waals surface area contributed by atoms with Crippen LogP contribution in [0.3, 0.4) is 0 Å². The number of benzene rings is 1. The van der Waals surface area contributed by atoms with Crippen molar-refractivity contribution in [2.75, 3.05) is 13.2 Å².